The van der Waals surface area contributed by atoms with Crippen LogP contribution < -0.4 is 4.74 Å². The molecule has 0 unspecified atom stereocenters. The van der Waals surface area contributed by atoms with Crippen molar-refractivity contribution >= 4 is 18.4 Å². The molecule has 1 N–H and O–H groups in total. The third-order valence-corrected chi connectivity index (χ3v) is 5.45. The molecule has 0 aliphatic heterocycles. The van der Waals surface area contributed by atoms with Crippen molar-refractivity contribution in [2.24, 2.45) is 5.10 Å². The normalized spacial score (nSPS) is 11.6. The van der Waals surface area contributed by atoms with Crippen molar-refractivity contribution in [1.29, 1.82) is 0 Å². The Kier molecular flexibility index (Phi) is 6.45. The highest BCUT2D eigenvalue weighted by molar-refractivity contribution is 7.71. The number of nitrogens with zero attached hydrogens (tertiary/aromatic N) is 5. The van der Waals surface area contributed by atoms with E-state index in [-0.39, 0.29) is 5.75 Å². The van der Waals surface area contributed by atoms with Crippen LogP contribution in [-0.4, -0.2) is 37.5 Å². The van der Waals surface area contributed by atoms with E-state index in [4.69, 9.17) is 12.2 Å². The third-order valence-electron chi connectivity index (χ3n) is 5.18. The molecule has 0 aliphatic carbocycles. The number of aromatic amines is 1. The van der Waals surface area contributed by atoms with E-state index in [0.29, 0.717) is 22.7 Å². The number of H-pyrrole nitrogens is 1. The van der Waals surface area contributed by atoms with Crippen molar-refractivity contribution in [3.8, 4) is 17.1 Å². The molecule has 33 heavy (non-hydrogen) atoms. The smallest absolute Gasteiger partial charge is 0.387 e. The summed E-state index contributed by atoms with van der Waals surface area (Å²) in [5.74, 6) is 0.507. The average Bonchev–Trinajstić information content (AvgIpc) is 3.27. The Labute approximate surface area is 194 Å². The zero-order valence-electron chi connectivity index (χ0n) is 18.3. The predicted molar refractivity (Wildman–Crippen MR) is 124 cm³/mol. The SMILES string of the molecule is Cc1ccc(Cn2nc(C)c(C=Nn3c(-c4ccc(OC(F)F)cc4)n[nH]c3=S)c2C)cc1. The molecule has 0 radical (unpaired) electrons. The molecule has 2 heterocycles. The van der Waals surface area contributed by atoms with Crippen molar-refractivity contribution in [2.75, 3.05) is 0 Å². The lowest BCUT2D eigenvalue weighted by Gasteiger charge is -2.06. The summed E-state index contributed by atoms with van der Waals surface area (Å²) in [5, 5.41) is 16.1. The summed E-state index contributed by atoms with van der Waals surface area (Å²) in [7, 11) is 0. The first kappa shape index (κ1) is 22.5. The quantitative estimate of drug-likeness (QED) is 0.297. The van der Waals surface area contributed by atoms with Crippen molar-refractivity contribution in [3.63, 3.8) is 0 Å². The average molecular weight is 469 g/mol. The van der Waals surface area contributed by atoms with Gasteiger partial charge in [0, 0.05) is 16.8 Å². The molecule has 4 aromatic rings. The minimum absolute atomic E-state index is 0.0603. The molecule has 4 rings (SSSR count). The van der Waals surface area contributed by atoms with Gasteiger partial charge < -0.3 is 4.74 Å². The lowest BCUT2D eigenvalue weighted by atomic mass is 10.1. The minimum Gasteiger partial charge on any atom is -0.435 e. The number of hydrogen-bond donors (Lipinski definition) is 1. The third kappa shape index (κ3) is 5.06. The molecule has 7 nitrogen and oxygen atoms in total. The van der Waals surface area contributed by atoms with Gasteiger partial charge in [0.1, 0.15) is 5.75 Å². The zero-order valence-corrected chi connectivity index (χ0v) is 19.1. The van der Waals surface area contributed by atoms with Crippen LogP contribution in [0, 0.1) is 25.5 Å². The van der Waals surface area contributed by atoms with Gasteiger partial charge in [-0.1, -0.05) is 29.8 Å². The maximum atomic E-state index is 12.4. The van der Waals surface area contributed by atoms with E-state index in [2.05, 4.69) is 56.3 Å². The molecule has 170 valence electrons. The lowest BCUT2D eigenvalue weighted by molar-refractivity contribution is -0.0498. The summed E-state index contributed by atoms with van der Waals surface area (Å²) in [6.45, 7) is 3.75. The minimum atomic E-state index is -2.88. The summed E-state index contributed by atoms with van der Waals surface area (Å²) in [4.78, 5) is 0. The van der Waals surface area contributed by atoms with E-state index in [1.54, 1.807) is 18.3 Å². The molecular weight excluding hydrogens is 446 g/mol. The van der Waals surface area contributed by atoms with Gasteiger partial charge in [-0.2, -0.15) is 28.8 Å². The monoisotopic (exact) mass is 468 g/mol. The molecule has 0 atom stereocenters. The van der Waals surface area contributed by atoms with Crippen molar-refractivity contribution < 1.29 is 13.5 Å². The molecule has 10 heteroatoms. The summed E-state index contributed by atoms with van der Waals surface area (Å²) in [6, 6.07) is 14.5. The van der Waals surface area contributed by atoms with E-state index in [0.717, 1.165) is 22.5 Å². The lowest BCUT2D eigenvalue weighted by Crippen LogP contribution is -2.04. The first-order chi connectivity index (χ1) is 15.8. The summed E-state index contributed by atoms with van der Waals surface area (Å²) in [6.07, 6.45) is 1.70. The van der Waals surface area contributed by atoms with Gasteiger partial charge in [0.25, 0.3) is 0 Å². The fourth-order valence-electron chi connectivity index (χ4n) is 3.40. The van der Waals surface area contributed by atoms with Gasteiger partial charge in [-0.15, -0.1) is 0 Å². The van der Waals surface area contributed by atoms with Crippen molar-refractivity contribution in [1.82, 2.24) is 24.7 Å². The number of halogens is 2. The van der Waals surface area contributed by atoms with E-state index in [9.17, 15) is 8.78 Å². The van der Waals surface area contributed by atoms with Crippen LogP contribution in [0.5, 0.6) is 5.75 Å². The van der Waals surface area contributed by atoms with Crippen LogP contribution in [-0.2, 0) is 6.54 Å². The number of nitrogens with one attached hydrogen (secondary N) is 1. The Morgan fingerprint density at radius 1 is 1.09 bits per heavy atom. The van der Waals surface area contributed by atoms with Gasteiger partial charge in [0.05, 0.1) is 18.5 Å². The van der Waals surface area contributed by atoms with E-state index in [1.165, 1.54) is 22.4 Å². The molecule has 0 bridgehead atoms. The van der Waals surface area contributed by atoms with Crippen LogP contribution in [0.15, 0.2) is 53.6 Å². The van der Waals surface area contributed by atoms with Crippen molar-refractivity contribution in [2.45, 2.75) is 33.9 Å². The second-order valence-corrected chi connectivity index (χ2v) is 7.93. The van der Waals surface area contributed by atoms with E-state index in [1.807, 2.05) is 18.5 Å². The van der Waals surface area contributed by atoms with Gasteiger partial charge in [-0.25, -0.2) is 5.10 Å². The van der Waals surface area contributed by atoms with Gasteiger partial charge in [-0.05, 0) is 62.8 Å². The number of rotatable bonds is 7. The molecule has 0 fully saturated rings. The molecule has 0 saturated heterocycles. The molecule has 0 amide bonds. The Morgan fingerprint density at radius 3 is 2.45 bits per heavy atom. The first-order valence-corrected chi connectivity index (χ1v) is 10.6. The predicted octanol–water partition coefficient (Wildman–Crippen LogP) is 5.26. The number of hydrogen-bond acceptors (Lipinski definition) is 5. The summed E-state index contributed by atoms with van der Waals surface area (Å²) >= 11 is 5.33. The fraction of sp³-hybridized carbons (Fsp3) is 0.217. The topological polar surface area (TPSA) is 73.0 Å². The number of alkyl halides is 2. The maximum Gasteiger partial charge on any atom is 0.387 e. The molecule has 0 spiro atoms. The number of ether oxygens (including phenoxy) is 1. The van der Waals surface area contributed by atoms with Crippen LogP contribution in [0.2, 0.25) is 0 Å². The summed E-state index contributed by atoms with van der Waals surface area (Å²) < 4.78 is 32.9. The fourth-order valence-corrected chi connectivity index (χ4v) is 3.58. The van der Waals surface area contributed by atoms with Crippen LogP contribution in [0.4, 0.5) is 8.78 Å². The molecule has 2 aromatic heterocycles. The standard InChI is InChI=1S/C23H22F2N6OS/c1-14-4-6-17(7-5-14)13-30-16(3)20(15(2)29-30)12-26-31-21(27-28-23(31)33)18-8-10-19(11-9-18)32-22(24)25/h4-12,22H,13H2,1-3H3,(H,28,33). The van der Waals surface area contributed by atoms with Crippen molar-refractivity contribution in [3.05, 3.63) is 81.4 Å². The Balaban J connectivity index is 1.60. The number of benzene rings is 2. The Bertz CT molecular complexity index is 1340. The Hall–Kier alpha value is -3.66. The molecule has 2 aromatic carbocycles. The van der Waals surface area contributed by atoms with Crippen LogP contribution in [0.3, 0.4) is 0 Å². The Morgan fingerprint density at radius 2 is 1.79 bits per heavy atom. The molecule has 0 saturated carbocycles. The zero-order chi connectivity index (χ0) is 23.5. The van der Waals surface area contributed by atoms with Gasteiger partial charge in [0.2, 0.25) is 4.77 Å². The highest BCUT2D eigenvalue weighted by Crippen LogP contribution is 2.22. The van der Waals surface area contributed by atoms with Gasteiger partial charge >= 0.3 is 6.61 Å². The van der Waals surface area contributed by atoms with Crippen LogP contribution in [0.25, 0.3) is 11.4 Å². The largest absolute Gasteiger partial charge is 0.435 e. The van der Waals surface area contributed by atoms with Crippen LogP contribution in [0.1, 0.15) is 28.1 Å². The van der Waals surface area contributed by atoms with Crippen LogP contribution >= 0.6 is 12.2 Å². The first-order valence-electron chi connectivity index (χ1n) is 10.2. The van der Waals surface area contributed by atoms with E-state index < -0.39 is 6.61 Å². The van der Waals surface area contributed by atoms with E-state index >= 15 is 0 Å². The van der Waals surface area contributed by atoms with Gasteiger partial charge in [-0.3, -0.25) is 4.68 Å². The summed E-state index contributed by atoms with van der Waals surface area (Å²) in [5.41, 5.74) is 5.72. The molecular formula is C23H22F2N6OS. The van der Waals surface area contributed by atoms with Gasteiger partial charge in [0.15, 0.2) is 5.82 Å². The maximum absolute atomic E-state index is 12.4. The molecule has 0 aliphatic rings. The second kappa shape index (κ2) is 9.45. The number of aryl methyl sites for hydroxylation is 2. The second-order valence-electron chi connectivity index (χ2n) is 7.54. The number of aromatic nitrogens is 5. The highest BCUT2D eigenvalue weighted by atomic mass is 32.1. The highest BCUT2D eigenvalue weighted by Gasteiger charge is 2.13.